The fourth-order valence-electron chi connectivity index (χ4n) is 2.51. The van der Waals surface area contributed by atoms with Crippen LogP contribution in [0.5, 0.6) is 0 Å². The summed E-state index contributed by atoms with van der Waals surface area (Å²) in [4.78, 5) is 0. The van der Waals surface area contributed by atoms with Crippen LogP contribution in [0.25, 0.3) is 0 Å². The Bertz CT molecular complexity index is 219. The zero-order chi connectivity index (χ0) is 13.4. The van der Waals surface area contributed by atoms with Crippen LogP contribution in [0.4, 0.5) is 0 Å². The summed E-state index contributed by atoms with van der Waals surface area (Å²) in [5.41, 5.74) is 5.61. The molecular weight excluding hydrogens is 230 g/mol. The van der Waals surface area contributed by atoms with Gasteiger partial charge in [-0.15, -0.1) is 0 Å². The van der Waals surface area contributed by atoms with Gasteiger partial charge in [-0.2, -0.15) is 0 Å². The Hall–Kier alpha value is -0.160. The quantitative estimate of drug-likeness (QED) is 0.653. The van der Waals surface area contributed by atoms with Gasteiger partial charge in [0.15, 0.2) is 0 Å². The lowest BCUT2D eigenvalue weighted by molar-refractivity contribution is -0.0316. The number of nitrogens with two attached hydrogens (primary N) is 1. The van der Waals surface area contributed by atoms with E-state index in [0.717, 1.165) is 45.1 Å². The zero-order valence-corrected chi connectivity index (χ0v) is 11.9. The maximum Gasteiger partial charge on any atom is 0.0611 e. The first-order valence-electron chi connectivity index (χ1n) is 7.17. The van der Waals surface area contributed by atoms with E-state index in [1.165, 1.54) is 6.42 Å². The van der Waals surface area contributed by atoms with Crippen LogP contribution in [0.1, 0.15) is 51.9 Å². The monoisotopic (exact) mass is 259 g/mol. The fraction of sp³-hybridized carbons (Fsp3) is 1.00. The lowest BCUT2D eigenvalue weighted by Crippen LogP contribution is -2.43. The minimum absolute atomic E-state index is 0.0542. The smallest absolute Gasteiger partial charge is 0.0611 e. The van der Waals surface area contributed by atoms with Crippen molar-refractivity contribution in [2.45, 2.75) is 69.6 Å². The Morgan fingerprint density at radius 3 is 2.67 bits per heavy atom. The molecule has 3 N–H and O–H groups in total. The molecule has 0 aromatic heterocycles. The molecule has 4 heteroatoms. The molecule has 1 rings (SSSR count). The van der Waals surface area contributed by atoms with Crippen LogP contribution in [-0.4, -0.2) is 43.2 Å². The van der Waals surface area contributed by atoms with Gasteiger partial charge in [-0.05, 0) is 44.9 Å². The summed E-state index contributed by atoms with van der Waals surface area (Å²) in [5, 5.41) is 9.22. The SMILES string of the molecule is CCC(N)(CO)CCCOC1CCCC(OC)C1. The third kappa shape index (κ3) is 5.22. The van der Waals surface area contributed by atoms with Gasteiger partial charge in [-0.25, -0.2) is 0 Å². The van der Waals surface area contributed by atoms with Crippen molar-refractivity contribution < 1.29 is 14.6 Å². The van der Waals surface area contributed by atoms with Gasteiger partial charge in [0.1, 0.15) is 0 Å². The molecule has 108 valence electrons. The van der Waals surface area contributed by atoms with Gasteiger partial charge in [0.25, 0.3) is 0 Å². The van der Waals surface area contributed by atoms with E-state index in [4.69, 9.17) is 15.2 Å². The third-order valence-electron chi connectivity index (χ3n) is 4.10. The molecular formula is C14H29NO3. The molecule has 0 spiro atoms. The van der Waals surface area contributed by atoms with Gasteiger partial charge >= 0.3 is 0 Å². The molecule has 1 aliphatic carbocycles. The van der Waals surface area contributed by atoms with Crippen LogP contribution in [-0.2, 0) is 9.47 Å². The summed E-state index contributed by atoms with van der Waals surface area (Å²) in [6.07, 6.45) is 7.74. The van der Waals surface area contributed by atoms with Crippen molar-refractivity contribution in [2.75, 3.05) is 20.3 Å². The lowest BCUT2D eigenvalue weighted by atomic mass is 9.92. The van der Waals surface area contributed by atoms with E-state index in [2.05, 4.69) is 0 Å². The molecule has 4 nitrogen and oxygen atoms in total. The number of aliphatic hydroxyl groups excluding tert-OH is 1. The summed E-state index contributed by atoms with van der Waals surface area (Å²) < 4.78 is 11.3. The largest absolute Gasteiger partial charge is 0.394 e. The van der Waals surface area contributed by atoms with Crippen molar-refractivity contribution in [3.63, 3.8) is 0 Å². The summed E-state index contributed by atoms with van der Waals surface area (Å²) in [6.45, 7) is 2.81. The minimum Gasteiger partial charge on any atom is -0.394 e. The van der Waals surface area contributed by atoms with Crippen molar-refractivity contribution in [1.82, 2.24) is 0 Å². The van der Waals surface area contributed by atoms with Gasteiger partial charge in [-0.1, -0.05) is 6.92 Å². The highest BCUT2D eigenvalue weighted by Crippen LogP contribution is 2.23. The number of rotatable bonds is 8. The molecule has 1 saturated carbocycles. The lowest BCUT2D eigenvalue weighted by Gasteiger charge is -2.29. The normalized spacial score (nSPS) is 28.0. The van der Waals surface area contributed by atoms with E-state index in [1.54, 1.807) is 7.11 Å². The summed E-state index contributed by atoms with van der Waals surface area (Å²) in [7, 11) is 1.78. The third-order valence-corrected chi connectivity index (χ3v) is 4.10. The molecule has 0 aromatic rings. The maximum atomic E-state index is 9.22. The number of aliphatic hydroxyl groups is 1. The highest BCUT2D eigenvalue weighted by atomic mass is 16.5. The van der Waals surface area contributed by atoms with Crippen molar-refractivity contribution in [3.05, 3.63) is 0 Å². The molecule has 0 aliphatic heterocycles. The first kappa shape index (κ1) is 15.9. The molecule has 1 fully saturated rings. The zero-order valence-electron chi connectivity index (χ0n) is 11.9. The molecule has 3 unspecified atom stereocenters. The first-order valence-corrected chi connectivity index (χ1v) is 7.17. The van der Waals surface area contributed by atoms with Crippen molar-refractivity contribution in [3.8, 4) is 0 Å². The average Bonchev–Trinajstić information content (AvgIpc) is 2.43. The number of methoxy groups -OCH3 is 1. The van der Waals surface area contributed by atoms with Gasteiger partial charge in [-0.3, -0.25) is 0 Å². The predicted molar refractivity (Wildman–Crippen MR) is 72.5 cm³/mol. The summed E-state index contributed by atoms with van der Waals surface area (Å²) in [6, 6.07) is 0. The van der Waals surface area contributed by atoms with Gasteiger partial charge in [0.2, 0.25) is 0 Å². The Labute approximate surface area is 111 Å². The van der Waals surface area contributed by atoms with Crippen LogP contribution in [0.2, 0.25) is 0 Å². The van der Waals surface area contributed by atoms with Crippen LogP contribution in [0, 0.1) is 0 Å². The van der Waals surface area contributed by atoms with E-state index in [9.17, 15) is 5.11 Å². The second kappa shape index (κ2) is 8.10. The van der Waals surface area contributed by atoms with E-state index in [-0.39, 0.29) is 6.61 Å². The van der Waals surface area contributed by atoms with Crippen LogP contribution >= 0.6 is 0 Å². The van der Waals surface area contributed by atoms with E-state index < -0.39 is 5.54 Å². The number of ether oxygens (including phenoxy) is 2. The van der Waals surface area contributed by atoms with Crippen LogP contribution in [0.15, 0.2) is 0 Å². The molecule has 18 heavy (non-hydrogen) atoms. The average molecular weight is 259 g/mol. The maximum absolute atomic E-state index is 9.22. The molecule has 0 saturated heterocycles. The van der Waals surface area contributed by atoms with Crippen LogP contribution < -0.4 is 5.73 Å². The molecule has 0 heterocycles. The molecule has 0 aromatic carbocycles. The molecule has 0 amide bonds. The standard InChI is InChI=1S/C14H29NO3/c1-3-14(15,11-16)8-5-9-18-13-7-4-6-12(10-13)17-2/h12-13,16H,3-11,15H2,1-2H3. The number of hydrogen-bond acceptors (Lipinski definition) is 4. The first-order chi connectivity index (χ1) is 8.63. The number of hydrogen-bond donors (Lipinski definition) is 2. The van der Waals surface area contributed by atoms with Gasteiger partial charge < -0.3 is 20.3 Å². The van der Waals surface area contributed by atoms with E-state index in [0.29, 0.717) is 12.2 Å². The fourth-order valence-corrected chi connectivity index (χ4v) is 2.51. The summed E-state index contributed by atoms with van der Waals surface area (Å²) in [5.74, 6) is 0. The van der Waals surface area contributed by atoms with E-state index >= 15 is 0 Å². The van der Waals surface area contributed by atoms with E-state index in [1.807, 2.05) is 6.92 Å². The summed E-state index contributed by atoms with van der Waals surface area (Å²) >= 11 is 0. The minimum atomic E-state index is -0.426. The highest BCUT2D eigenvalue weighted by molar-refractivity contribution is 4.81. The highest BCUT2D eigenvalue weighted by Gasteiger charge is 2.23. The van der Waals surface area contributed by atoms with Gasteiger partial charge in [0.05, 0.1) is 18.8 Å². The predicted octanol–water partition coefficient (Wildman–Crippen LogP) is 1.84. The molecule has 3 atom stereocenters. The van der Waals surface area contributed by atoms with Gasteiger partial charge in [0, 0.05) is 19.3 Å². The Morgan fingerprint density at radius 2 is 2.06 bits per heavy atom. The Kier molecular flexibility index (Phi) is 7.15. The second-order valence-electron chi connectivity index (χ2n) is 5.49. The van der Waals surface area contributed by atoms with Crippen molar-refractivity contribution in [1.29, 1.82) is 0 Å². The van der Waals surface area contributed by atoms with Crippen molar-refractivity contribution in [2.24, 2.45) is 5.73 Å². The van der Waals surface area contributed by atoms with Crippen molar-refractivity contribution >= 4 is 0 Å². The molecule has 0 radical (unpaired) electrons. The Balaban J connectivity index is 2.14. The molecule has 1 aliphatic rings. The Morgan fingerprint density at radius 1 is 1.33 bits per heavy atom. The topological polar surface area (TPSA) is 64.7 Å². The van der Waals surface area contributed by atoms with Crippen LogP contribution in [0.3, 0.4) is 0 Å². The molecule has 0 bridgehead atoms. The second-order valence-corrected chi connectivity index (χ2v) is 5.49.